The first-order valence-electron chi connectivity index (χ1n) is 5.71. The summed E-state index contributed by atoms with van der Waals surface area (Å²) in [4.78, 5) is 11.0. The molecule has 0 spiro atoms. The van der Waals surface area contributed by atoms with Crippen LogP contribution >= 0.6 is 0 Å². The Morgan fingerprint density at radius 2 is 1.56 bits per heavy atom. The van der Waals surface area contributed by atoms with Gasteiger partial charge in [-0.15, -0.1) is 0 Å². The molecule has 7 heteroatoms. The first kappa shape index (κ1) is 15.2. The Balaban J connectivity index is 2.57. The molecule has 0 atom stereocenters. The molecule has 0 saturated heterocycles. The number of halogens is 5. The van der Waals surface area contributed by atoms with E-state index in [1.165, 1.54) is 0 Å². The highest BCUT2D eigenvalue weighted by Crippen LogP contribution is 2.38. The van der Waals surface area contributed by atoms with E-state index in [-0.39, 0.29) is 5.41 Å². The van der Waals surface area contributed by atoms with Gasteiger partial charge in [0.1, 0.15) is 0 Å². The molecule has 0 bridgehead atoms. The van der Waals surface area contributed by atoms with E-state index in [2.05, 4.69) is 0 Å². The van der Waals surface area contributed by atoms with Crippen molar-refractivity contribution in [2.75, 3.05) is 0 Å². The molecule has 1 amide bonds. The minimum Gasteiger partial charge on any atom is -0.348 e. The van der Waals surface area contributed by atoms with Gasteiger partial charge in [0.15, 0.2) is 0 Å². The van der Waals surface area contributed by atoms with Crippen LogP contribution in [-0.2, 0) is 4.79 Å². The molecule has 1 aliphatic carbocycles. The van der Waals surface area contributed by atoms with Crippen LogP contribution in [0.15, 0.2) is 0 Å². The third-order valence-corrected chi connectivity index (χ3v) is 3.32. The van der Waals surface area contributed by atoms with E-state index in [1.54, 1.807) is 5.32 Å². The number of rotatable bonds is 2. The monoisotopic (exact) mass is 273 g/mol. The van der Waals surface area contributed by atoms with Crippen molar-refractivity contribution < 1.29 is 26.7 Å². The highest BCUT2D eigenvalue weighted by molar-refractivity contribution is 5.84. The number of alkyl halides is 5. The summed E-state index contributed by atoms with van der Waals surface area (Å²) in [5.41, 5.74) is 0.0494. The van der Waals surface area contributed by atoms with Crippen LogP contribution < -0.4 is 5.32 Å². The van der Waals surface area contributed by atoms with Gasteiger partial charge in [-0.1, -0.05) is 13.8 Å². The molecule has 1 fully saturated rings. The highest BCUT2D eigenvalue weighted by atomic mass is 19.4. The molecular formula is C11H16F5NO. The number of hydrogen-bond acceptors (Lipinski definition) is 1. The molecule has 0 unspecified atom stereocenters. The molecule has 0 heterocycles. The Kier molecular flexibility index (Phi) is 3.93. The summed E-state index contributed by atoms with van der Waals surface area (Å²) in [5.74, 6) is -7.57. The van der Waals surface area contributed by atoms with Crippen LogP contribution in [0.3, 0.4) is 0 Å². The van der Waals surface area contributed by atoms with Crippen LogP contribution in [0.25, 0.3) is 0 Å². The summed E-state index contributed by atoms with van der Waals surface area (Å²) in [6.45, 7) is 3.99. The SMILES string of the molecule is CC1(C)CCC(NC(=O)C(F)(F)C(F)(F)F)CC1. The topological polar surface area (TPSA) is 29.1 Å². The average Bonchev–Trinajstić information content (AvgIpc) is 2.19. The molecule has 106 valence electrons. The van der Waals surface area contributed by atoms with Crippen molar-refractivity contribution in [3.63, 3.8) is 0 Å². The molecule has 0 aromatic carbocycles. The van der Waals surface area contributed by atoms with Gasteiger partial charge in [0, 0.05) is 6.04 Å². The van der Waals surface area contributed by atoms with E-state index in [0.29, 0.717) is 25.7 Å². The van der Waals surface area contributed by atoms with Gasteiger partial charge in [-0.05, 0) is 31.1 Å². The molecule has 0 aromatic rings. The highest BCUT2D eigenvalue weighted by Gasteiger charge is 2.63. The van der Waals surface area contributed by atoms with E-state index < -0.39 is 24.0 Å². The van der Waals surface area contributed by atoms with Crippen molar-refractivity contribution in [2.45, 2.75) is 57.7 Å². The zero-order chi connectivity index (χ0) is 14.2. The number of carbonyl (C=O) groups excluding carboxylic acids is 1. The smallest absolute Gasteiger partial charge is 0.348 e. The predicted octanol–water partition coefficient (Wildman–Crippen LogP) is 3.27. The summed E-state index contributed by atoms with van der Waals surface area (Å²) < 4.78 is 61.2. The Morgan fingerprint density at radius 3 is 1.94 bits per heavy atom. The maximum absolute atomic E-state index is 12.7. The molecule has 1 rings (SSSR count). The van der Waals surface area contributed by atoms with E-state index in [4.69, 9.17) is 0 Å². The average molecular weight is 273 g/mol. The fraction of sp³-hybridized carbons (Fsp3) is 0.909. The van der Waals surface area contributed by atoms with Crippen molar-refractivity contribution in [2.24, 2.45) is 5.41 Å². The van der Waals surface area contributed by atoms with Gasteiger partial charge in [0.2, 0.25) is 0 Å². The van der Waals surface area contributed by atoms with Gasteiger partial charge in [-0.25, -0.2) is 0 Å². The van der Waals surface area contributed by atoms with Gasteiger partial charge in [0.05, 0.1) is 0 Å². The molecule has 18 heavy (non-hydrogen) atoms. The molecule has 0 radical (unpaired) electrons. The largest absolute Gasteiger partial charge is 0.463 e. The standard InChI is InChI=1S/C11H16F5NO/c1-9(2)5-3-7(4-6-9)17-8(18)10(12,13)11(14,15)16/h7H,3-6H2,1-2H3,(H,17,18). The van der Waals surface area contributed by atoms with Gasteiger partial charge in [-0.2, -0.15) is 22.0 Å². The van der Waals surface area contributed by atoms with E-state index in [1.807, 2.05) is 13.8 Å². The first-order chi connectivity index (χ1) is 7.96. The van der Waals surface area contributed by atoms with Crippen LogP contribution in [0.1, 0.15) is 39.5 Å². The molecule has 0 aliphatic heterocycles. The van der Waals surface area contributed by atoms with Crippen molar-refractivity contribution in [3.8, 4) is 0 Å². The zero-order valence-electron chi connectivity index (χ0n) is 10.2. The van der Waals surface area contributed by atoms with Crippen LogP contribution in [0.5, 0.6) is 0 Å². The van der Waals surface area contributed by atoms with Crippen molar-refractivity contribution >= 4 is 5.91 Å². The second-order valence-corrected chi connectivity index (χ2v) is 5.48. The van der Waals surface area contributed by atoms with E-state index >= 15 is 0 Å². The summed E-state index contributed by atoms with van der Waals surface area (Å²) >= 11 is 0. The van der Waals surface area contributed by atoms with Crippen LogP contribution in [0.2, 0.25) is 0 Å². The number of hydrogen-bond donors (Lipinski definition) is 1. The maximum Gasteiger partial charge on any atom is 0.463 e. The number of nitrogens with one attached hydrogen (secondary N) is 1. The molecule has 1 saturated carbocycles. The normalized spacial score (nSPS) is 21.7. The Morgan fingerprint density at radius 1 is 1.11 bits per heavy atom. The van der Waals surface area contributed by atoms with Gasteiger partial charge in [0.25, 0.3) is 0 Å². The van der Waals surface area contributed by atoms with Crippen molar-refractivity contribution in [1.29, 1.82) is 0 Å². The van der Waals surface area contributed by atoms with E-state index in [0.717, 1.165) is 0 Å². The fourth-order valence-electron chi connectivity index (χ4n) is 1.95. The lowest BCUT2D eigenvalue weighted by Crippen LogP contribution is -2.53. The third-order valence-electron chi connectivity index (χ3n) is 3.32. The van der Waals surface area contributed by atoms with Gasteiger partial charge in [-0.3, -0.25) is 4.79 Å². The van der Waals surface area contributed by atoms with Crippen molar-refractivity contribution in [1.82, 2.24) is 5.32 Å². The summed E-state index contributed by atoms with van der Waals surface area (Å²) in [7, 11) is 0. The summed E-state index contributed by atoms with van der Waals surface area (Å²) in [6, 6.07) is -0.598. The number of amides is 1. The van der Waals surface area contributed by atoms with Crippen molar-refractivity contribution in [3.05, 3.63) is 0 Å². The second kappa shape index (κ2) is 4.66. The van der Waals surface area contributed by atoms with Crippen LogP contribution in [0, 0.1) is 5.41 Å². The maximum atomic E-state index is 12.7. The minimum absolute atomic E-state index is 0.0494. The van der Waals surface area contributed by atoms with Gasteiger partial charge < -0.3 is 5.32 Å². The van der Waals surface area contributed by atoms with Gasteiger partial charge >= 0.3 is 18.0 Å². The lowest BCUT2D eigenvalue weighted by atomic mass is 9.75. The quantitative estimate of drug-likeness (QED) is 0.769. The Hall–Kier alpha value is -0.880. The van der Waals surface area contributed by atoms with Crippen LogP contribution in [0.4, 0.5) is 22.0 Å². The second-order valence-electron chi connectivity index (χ2n) is 5.48. The molecule has 1 aliphatic rings. The Bertz CT molecular complexity index is 314. The minimum atomic E-state index is -5.84. The Labute approximate surface area is 102 Å². The molecule has 1 N–H and O–H groups in total. The summed E-state index contributed by atoms with van der Waals surface area (Å²) in [6.07, 6.45) is -3.62. The van der Waals surface area contributed by atoms with Crippen LogP contribution in [-0.4, -0.2) is 24.0 Å². The third kappa shape index (κ3) is 3.32. The zero-order valence-corrected chi connectivity index (χ0v) is 10.2. The lowest BCUT2D eigenvalue weighted by molar-refractivity contribution is -0.270. The number of carbonyl (C=O) groups is 1. The summed E-state index contributed by atoms with van der Waals surface area (Å²) in [5, 5.41) is 1.79. The predicted molar refractivity (Wildman–Crippen MR) is 55.2 cm³/mol. The first-order valence-corrected chi connectivity index (χ1v) is 5.71. The molecule has 2 nitrogen and oxygen atoms in total. The fourth-order valence-corrected chi connectivity index (χ4v) is 1.95. The van der Waals surface area contributed by atoms with E-state index in [9.17, 15) is 26.7 Å². The lowest BCUT2D eigenvalue weighted by Gasteiger charge is -2.35. The molecular weight excluding hydrogens is 257 g/mol. The molecule has 0 aromatic heterocycles.